The molecule has 2 aromatic carbocycles. The molecule has 2 aliphatic rings. The van der Waals surface area contributed by atoms with Gasteiger partial charge in [0.15, 0.2) is 6.23 Å². The number of anilines is 1. The smallest absolute Gasteiger partial charge is 0.267 e. The molecule has 0 spiro atoms. The van der Waals surface area contributed by atoms with Crippen molar-refractivity contribution in [1.29, 1.82) is 0 Å². The molecular weight excluding hydrogens is 458 g/mol. The van der Waals surface area contributed by atoms with Gasteiger partial charge in [0.1, 0.15) is 11.9 Å². The van der Waals surface area contributed by atoms with Gasteiger partial charge in [-0.05, 0) is 42.2 Å². The fourth-order valence-corrected chi connectivity index (χ4v) is 4.63. The van der Waals surface area contributed by atoms with Crippen molar-refractivity contribution in [2.75, 3.05) is 38.8 Å². The van der Waals surface area contributed by atoms with E-state index in [-0.39, 0.29) is 18.3 Å². The lowest BCUT2D eigenvalue weighted by atomic mass is 10.1. The molecule has 1 fully saturated rings. The van der Waals surface area contributed by atoms with Crippen LogP contribution in [0.3, 0.4) is 0 Å². The van der Waals surface area contributed by atoms with Crippen LogP contribution in [0, 0.1) is 0 Å². The molecule has 7 nitrogen and oxygen atoms in total. The van der Waals surface area contributed by atoms with Crippen LogP contribution in [0.15, 0.2) is 77.0 Å². The van der Waals surface area contributed by atoms with Gasteiger partial charge in [-0.2, -0.15) is 0 Å². The molecule has 35 heavy (non-hydrogen) atoms. The summed E-state index contributed by atoms with van der Waals surface area (Å²) in [5.41, 5.74) is 11.3. The Hall–Kier alpha value is -2.94. The number of amides is 1. The zero-order valence-corrected chi connectivity index (χ0v) is 22.1. The van der Waals surface area contributed by atoms with Crippen LogP contribution in [-0.4, -0.2) is 55.4 Å². The van der Waals surface area contributed by atoms with Crippen LogP contribution in [0.5, 0.6) is 0 Å². The normalized spacial score (nSPS) is 17.8. The van der Waals surface area contributed by atoms with Crippen molar-refractivity contribution in [3.63, 3.8) is 0 Å². The highest BCUT2D eigenvalue weighted by atomic mass is 32.2. The molecule has 4 rings (SSSR count). The lowest BCUT2D eigenvalue weighted by Crippen LogP contribution is -2.52. The van der Waals surface area contributed by atoms with Crippen LogP contribution in [0.25, 0.3) is 0 Å². The Morgan fingerprint density at radius 2 is 1.89 bits per heavy atom. The second-order valence-electron chi connectivity index (χ2n) is 7.98. The summed E-state index contributed by atoms with van der Waals surface area (Å²) in [4.78, 5) is 18.2. The number of hydrogen-bond donors (Lipinski definition) is 3. The third kappa shape index (κ3) is 6.01. The Kier molecular flexibility index (Phi) is 9.65. The van der Waals surface area contributed by atoms with E-state index in [1.54, 1.807) is 11.8 Å². The summed E-state index contributed by atoms with van der Waals surface area (Å²) >= 11 is 1.70. The van der Waals surface area contributed by atoms with E-state index >= 15 is 0 Å². The molecule has 2 heterocycles. The van der Waals surface area contributed by atoms with Crippen molar-refractivity contribution in [2.45, 2.75) is 37.7 Å². The molecule has 188 valence electrons. The van der Waals surface area contributed by atoms with Gasteiger partial charge in [0.2, 0.25) is 0 Å². The average Bonchev–Trinajstić information content (AvgIpc) is 2.92. The van der Waals surface area contributed by atoms with Gasteiger partial charge in [0.25, 0.3) is 5.91 Å². The zero-order chi connectivity index (χ0) is 25.4. The van der Waals surface area contributed by atoms with Gasteiger partial charge >= 0.3 is 0 Å². The molecule has 2 aliphatic heterocycles. The summed E-state index contributed by atoms with van der Waals surface area (Å²) in [7, 11) is 3.78. The number of nitrogens with two attached hydrogens (primary N) is 1. The van der Waals surface area contributed by atoms with Gasteiger partial charge in [-0.1, -0.05) is 44.2 Å². The predicted octanol–water partition coefficient (Wildman–Crippen LogP) is 4.12. The van der Waals surface area contributed by atoms with Gasteiger partial charge in [-0.25, -0.2) is 0 Å². The zero-order valence-electron chi connectivity index (χ0n) is 21.2. The van der Waals surface area contributed by atoms with E-state index in [2.05, 4.69) is 27.7 Å². The molecule has 2 aromatic rings. The monoisotopic (exact) mass is 495 g/mol. The molecular formula is C27H37N5O2S. The molecule has 1 amide bonds. The lowest BCUT2D eigenvalue weighted by molar-refractivity contribution is -0.122. The molecule has 0 radical (unpaired) electrons. The van der Waals surface area contributed by atoms with Gasteiger partial charge in [0.05, 0.1) is 12.3 Å². The molecule has 0 aromatic heterocycles. The van der Waals surface area contributed by atoms with Gasteiger partial charge in [0, 0.05) is 43.3 Å². The predicted molar refractivity (Wildman–Crippen MR) is 145 cm³/mol. The van der Waals surface area contributed by atoms with Crippen LogP contribution in [0.4, 0.5) is 5.69 Å². The number of carbonyl (C=O) groups is 1. The minimum atomic E-state index is -0.363. The van der Waals surface area contributed by atoms with Crippen LogP contribution in [-0.2, 0) is 16.1 Å². The maximum absolute atomic E-state index is 12.9. The maximum Gasteiger partial charge on any atom is 0.267 e. The molecule has 0 aliphatic carbocycles. The van der Waals surface area contributed by atoms with Gasteiger partial charge < -0.3 is 30.9 Å². The van der Waals surface area contributed by atoms with E-state index in [4.69, 9.17) is 10.5 Å². The Morgan fingerprint density at radius 3 is 2.57 bits per heavy atom. The summed E-state index contributed by atoms with van der Waals surface area (Å²) in [6.07, 6.45) is 5.15. The number of allylic oxidation sites excluding steroid dienone is 2. The summed E-state index contributed by atoms with van der Waals surface area (Å²) in [5, 5.41) is 6.24. The number of rotatable bonds is 7. The van der Waals surface area contributed by atoms with Crippen LogP contribution >= 0.6 is 11.8 Å². The first-order valence-electron chi connectivity index (χ1n) is 12.0. The standard InChI is InChI=1S/C25H31N5O2S.C2H6/c1-27-20-7-5-4-6-19(20)23(26)30-14-15-32-25-22(30)13-12-21(29(25)2)24(31)28-16-17-8-10-18(33-3)11-9-17;1-2/h4-13,23,25,27H,14-16,26H2,1-3H3,(H,28,31);1-2H3. The minimum Gasteiger partial charge on any atom is -0.388 e. The Labute approximate surface area is 213 Å². The highest BCUT2D eigenvalue weighted by Crippen LogP contribution is 2.33. The number of carbonyl (C=O) groups excluding carboxylic acids is 1. The van der Waals surface area contributed by atoms with E-state index < -0.39 is 0 Å². The first-order chi connectivity index (χ1) is 17.0. The van der Waals surface area contributed by atoms with Crippen LogP contribution < -0.4 is 16.4 Å². The maximum atomic E-state index is 12.9. The first kappa shape index (κ1) is 26.7. The number of morpholine rings is 1. The fraction of sp³-hybridized carbons (Fsp3) is 0.370. The number of hydrogen-bond acceptors (Lipinski definition) is 7. The second-order valence-corrected chi connectivity index (χ2v) is 8.86. The Morgan fingerprint density at radius 1 is 1.17 bits per heavy atom. The summed E-state index contributed by atoms with van der Waals surface area (Å²) < 4.78 is 6.06. The SMILES string of the molecule is CC.CNc1ccccc1C(N)N1CCOC2C1=CC=C(C(=O)NCc1ccc(SC)cc1)N2C. The fourth-order valence-electron chi connectivity index (χ4n) is 4.22. The first-order valence-corrected chi connectivity index (χ1v) is 13.2. The molecule has 2 atom stereocenters. The van der Waals surface area contributed by atoms with E-state index in [0.717, 1.165) is 22.5 Å². The third-order valence-electron chi connectivity index (χ3n) is 6.07. The number of para-hydroxylation sites is 1. The topological polar surface area (TPSA) is 82.9 Å². The number of nitrogens with one attached hydrogen (secondary N) is 2. The van der Waals surface area contributed by atoms with E-state index in [1.165, 1.54) is 4.90 Å². The van der Waals surface area contributed by atoms with Gasteiger partial charge in [-0.3, -0.25) is 4.79 Å². The molecule has 0 bridgehead atoms. The molecule has 1 saturated heterocycles. The number of benzene rings is 2. The summed E-state index contributed by atoms with van der Waals surface area (Å²) in [6.45, 7) is 5.67. The molecule has 0 saturated carbocycles. The molecule has 8 heteroatoms. The number of likely N-dealkylation sites (N-methyl/N-ethyl adjacent to an activating group) is 1. The number of fused-ring (bicyclic) bond motifs is 1. The van der Waals surface area contributed by atoms with Crippen LogP contribution in [0.1, 0.15) is 31.1 Å². The summed E-state index contributed by atoms with van der Waals surface area (Å²) in [6, 6.07) is 16.2. The number of nitrogens with zero attached hydrogens (tertiary/aromatic N) is 2. The molecule has 2 unspecified atom stereocenters. The second kappa shape index (κ2) is 12.7. The quantitative estimate of drug-likeness (QED) is 0.499. The highest BCUT2D eigenvalue weighted by Gasteiger charge is 2.36. The van der Waals surface area contributed by atoms with Crippen molar-refractivity contribution >= 4 is 23.4 Å². The largest absolute Gasteiger partial charge is 0.388 e. The van der Waals surface area contributed by atoms with Crippen molar-refractivity contribution < 1.29 is 9.53 Å². The molecule has 4 N–H and O–H groups in total. The Bertz CT molecular complexity index is 1050. The average molecular weight is 496 g/mol. The van der Waals surface area contributed by atoms with Crippen molar-refractivity contribution in [1.82, 2.24) is 15.1 Å². The number of thioether (sulfide) groups is 1. The van der Waals surface area contributed by atoms with E-state index in [1.807, 2.05) is 87.6 Å². The van der Waals surface area contributed by atoms with E-state index in [0.29, 0.717) is 25.4 Å². The minimum absolute atomic E-state index is 0.132. The van der Waals surface area contributed by atoms with E-state index in [9.17, 15) is 4.79 Å². The highest BCUT2D eigenvalue weighted by molar-refractivity contribution is 7.98. The van der Waals surface area contributed by atoms with Crippen molar-refractivity contribution in [3.8, 4) is 0 Å². The van der Waals surface area contributed by atoms with Gasteiger partial charge in [-0.15, -0.1) is 11.8 Å². The van der Waals surface area contributed by atoms with Crippen molar-refractivity contribution in [2.24, 2.45) is 5.73 Å². The third-order valence-corrected chi connectivity index (χ3v) is 6.81. The van der Waals surface area contributed by atoms with Crippen molar-refractivity contribution in [3.05, 3.63) is 83.2 Å². The number of ether oxygens (including phenoxy) is 1. The lowest BCUT2D eigenvalue weighted by Gasteiger charge is -2.46. The summed E-state index contributed by atoms with van der Waals surface area (Å²) in [5.74, 6) is -0.132. The Balaban J connectivity index is 0.00000167. The van der Waals surface area contributed by atoms with Crippen LogP contribution in [0.2, 0.25) is 0 Å².